The van der Waals surface area contributed by atoms with Crippen molar-refractivity contribution in [3.05, 3.63) is 17.7 Å². The Balaban J connectivity index is 3.17. The van der Waals surface area contributed by atoms with Gasteiger partial charge in [0.25, 0.3) is 0 Å². The first kappa shape index (κ1) is 12.1. The number of phenolic OH excluding ortho intramolecular Hbond substituents is 1. The Bertz CT molecular complexity index is 387. The summed E-state index contributed by atoms with van der Waals surface area (Å²) < 4.78 is 9.98. The molecule has 0 heterocycles. The molecular formula is C11H14N2O3. The predicted molar refractivity (Wildman–Crippen MR) is 58.4 cm³/mol. The average Bonchev–Trinajstić information content (AvgIpc) is 2.29. The molecule has 0 bridgehead atoms. The van der Waals surface area contributed by atoms with Gasteiger partial charge in [-0.3, -0.25) is 0 Å². The van der Waals surface area contributed by atoms with E-state index in [0.29, 0.717) is 5.56 Å². The molecule has 0 spiro atoms. The Hall–Kier alpha value is -1.93. The summed E-state index contributed by atoms with van der Waals surface area (Å²) in [5.41, 5.74) is 6.48. The SMILES string of the molecule is COc1cc([C@H](N)CC#N)cc(OC)c1O. The second-order valence-corrected chi connectivity index (χ2v) is 3.24. The molecule has 5 heteroatoms. The highest BCUT2D eigenvalue weighted by Gasteiger charge is 2.14. The number of nitrogens with zero attached hydrogens (tertiary/aromatic N) is 1. The molecule has 0 aliphatic rings. The first-order valence-corrected chi connectivity index (χ1v) is 4.71. The second-order valence-electron chi connectivity index (χ2n) is 3.24. The molecule has 5 nitrogen and oxygen atoms in total. The van der Waals surface area contributed by atoms with Crippen LogP contribution >= 0.6 is 0 Å². The van der Waals surface area contributed by atoms with Crippen LogP contribution in [-0.4, -0.2) is 19.3 Å². The first-order chi connectivity index (χ1) is 7.63. The maximum absolute atomic E-state index is 9.67. The predicted octanol–water partition coefficient (Wildman–Crippen LogP) is 1.32. The van der Waals surface area contributed by atoms with Gasteiger partial charge in [0.1, 0.15) is 0 Å². The lowest BCUT2D eigenvalue weighted by Crippen LogP contribution is -2.09. The van der Waals surface area contributed by atoms with E-state index in [2.05, 4.69) is 0 Å². The number of ether oxygens (including phenoxy) is 2. The van der Waals surface area contributed by atoms with Gasteiger partial charge in [-0.2, -0.15) is 5.26 Å². The van der Waals surface area contributed by atoms with E-state index in [9.17, 15) is 5.11 Å². The number of methoxy groups -OCH3 is 2. The summed E-state index contributed by atoms with van der Waals surface area (Å²) in [4.78, 5) is 0. The number of nitriles is 1. The molecular weight excluding hydrogens is 208 g/mol. The van der Waals surface area contributed by atoms with E-state index in [4.69, 9.17) is 20.5 Å². The third kappa shape index (κ3) is 2.35. The molecule has 0 amide bonds. The normalized spacial score (nSPS) is 11.6. The molecule has 0 aliphatic carbocycles. The molecule has 1 rings (SSSR count). The highest BCUT2D eigenvalue weighted by Crippen LogP contribution is 2.38. The Morgan fingerprint density at radius 1 is 1.38 bits per heavy atom. The summed E-state index contributed by atoms with van der Waals surface area (Å²) in [6.07, 6.45) is 0.192. The van der Waals surface area contributed by atoms with Crippen molar-refractivity contribution in [2.45, 2.75) is 12.5 Å². The van der Waals surface area contributed by atoms with Crippen LogP contribution in [0.4, 0.5) is 0 Å². The smallest absolute Gasteiger partial charge is 0.200 e. The topological polar surface area (TPSA) is 88.5 Å². The lowest BCUT2D eigenvalue weighted by Gasteiger charge is -2.14. The van der Waals surface area contributed by atoms with Gasteiger partial charge < -0.3 is 20.3 Å². The van der Waals surface area contributed by atoms with Gasteiger partial charge in [-0.05, 0) is 17.7 Å². The highest BCUT2D eigenvalue weighted by molar-refractivity contribution is 5.53. The molecule has 0 aromatic heterocycles. The van der Waals surface area contributed by atoms with Gasteiger partial charge in [0.15, 0.2) is 11.5 Å². The maximum atomic E-state index is 9.67. The molecule has 86 valence electrons. The summed E-state index contributed by atoms with van der Waals surface area (Å²) in [6, 6.07) is 4.76. The third-order valence-electron chi connectivity index (χ3n) is 2.24. The van der Waals surface area contributed by atoms with Gasteiger partial charge in [0.05, 0.1) is 26.7 Å². The highest BCUT2D eigenvalue weighted by atomic mass is 16.5. The minimum absolute atomic E-state index is 0.0714. The number of rotatable bonds is 4. The van der Waals surface area contributed by atoms with Crippen molar-refractivity contribution >= 4 is 0 Å². The van der Waals surface area contributed by atoms with Gasteiger partial charge in [-0.25, -0.2) is 0 Å². The van der Waals surface area contributed by atoms with E-state index < -0.39 is 6.04 Å². The van der Waals surface area contributed by atoms with Gasteiger partial charge in [-0.15, -0.1) is 0 Å². The average molecular weight is 222 g/mol. The van der Waals surface area contributed by atoms with E-state index in [1.165, 1.54) is 14.2 Å². The van der Waals surface area contributed by atoms with Gasteiger partial charge >= 0.3 is 0 Å². The van der Waals surface area contributed by atoms with Crippen LogP contribution in [0, 0.1) is 11.3 Å². The van der Waals surface area contributed by atoms with Crippen molar-refractivity contribution in [1.82, 2.24) is 0 Å². The number of phenols is 1. The third-order valence-corrected chi connectivity index (χ3v) is 2.24. The Labute approximate surface area is 94.0 Å². The van der Waals surface area contributed by atoms with Gasteiger partial charge in [0, 0.05) is 6.04 Å². The maximum Gasteiger partial charge on any atom is 0.200 e. The van der Waals surface area contributed by atoms with Gasteiger partial charge in [-0.1, -0.05) is 0 Å². The molecule has 0 aliphatic heterocycles. The fourth-order valence-electron chi connectivity index (χ4n) is 1.34. The van der Waals surface area contributed by atoms with E-state index >= 15 is 0 Å². The molecule has 0 radical (unpaired) electrons. The zero-order chi connectivity index (χ0) is 12.1. The Kier molecular flexibility index (Phi) is 3.97. The number of hydrogen-bond donors (Lipinski definition) is 2. The molecule has 0 saturated heterocycles. The molecule has 16 heavy (non-hydrogen) atoms. The lowest BCUT2D eigenvalue weighted by atomic mass is 10.0. The van der Waals surface area contributed by atoms with Crippen LogP contribution in [0.3, 0.4) is 0 Å². The summed E-state index contributed by atoms with van der Waals surface area (Å²) in [6.45, 7) is 0. The summed E-state index contributed by atoms with van der Waals surface area (Å²) >= 11 is 0. The molecule has 1 atom stereocenters. The van der Waals surface area contributed by atoms with Gasteiger partial charge in [0.2, 0.25) is 5.75 Å². The quantitative estimate of drug-likeness (QED) is 0.802. The molecule has 1 aromatic rings. The van der Waals surface area contributed by atoms with E-state index in [-0.39, 0.29) is 23.7 Å². The minimum Gasteiger partial charge on any atom is -0.502 e. The minimum atomic E-state index is -0.423. The van der Waals surface area contributed by atoms with Crippen LogP contribution in [0.2, 0.25) is 0 Å². The van der Waals surface area contributed by atoms with Crippen LogP contribution in [-0.2, 0) is 0 Å². The van der Waals surface area contributed by atoms with Crippen LogP contribution in [0.25, 0.3) is 0 Å². The lowest BCUT2D eigenvalue weighted by molar-refractivity contribution is 0.338. The molecule has 1 aromatic carbocycles. The molecule has 0 unspecified atom stereocenters. The summed E-state index contributed by atoms with van der Waals surface area (Å²) in [5.74, 6) is 0.489. The van der Waals surface area contributed by atoms with Crippen LogP contribution in [0.1, 0.15) is 18.0 Å². The monoisotopic (exact) mass is 222 g/mol. The molecule has 0 saturated carbocycles. The van der Waals surface area contributed by atoms with Crippen molar-refractivity contribution in [2.24, 2.45) is 5.73 Å². The van der Waals surface area contributed by atoms with Crippen molar-refractivity contribution in [1.29, 1.82) is 5.26 Å². The van der Waals surface area contributed by atoms with Crippen LogP contribution in [0.5, 0.6) is 17.2 Å². The number of nitrogens with two attached hydrogens (primary N) is 1. The van der Waals surface area contributed by atoms with Crippen molar-refractivity contribution in [3.8, 4) is 23.3 Å². The first-order valence-electron chi connectivity index (χ1n) is 4.71. The number of hydrogen-bond acceptors (Lipinski definition) is 5. The van der Waals surface area contributed by atoms with Crippen LogP contribution < -0.4 is 15.2 Å². The Morgan fingerprint density at radius 3 is 2.25 bits per heavy atom. The van der Waals surface area contributed by atoms with E-state index in [1.54, 1.807) is 12.1 Å². The van der Waals surface area contributed by atoms with Crippen molar-refractivity contribution < 1.29 is 14.6 Å². The summed E-state index contributed by atoms with van der Waals surface area (Å²) in [5, 5.41) is 18.2. The van der Waals surface area contributed by atoms with E-state index in [1.807, 2.05) is 6.07 Å². The molecule has 0 fully saturated rings. The Morgan fingerprint density at radius 2 is 1.88 bits per heavy atom. The standard InChI is InChI=1S/C11H14N2O3/c1-15-9-5-7(8(13)3-4-12)6-10(16-2)11(9)14/h5-6,8,14H,3,13H2,1-2H3/t8-/m1/s1. The largest absolute Gasteiger partial charge is 0.502 e. The number of benzene rings is 1. The zero-order valence-corrected chi connectivity index (χ0v) is 9.23. The second kappa shape index (κ2) is 5.24. The van der Waals surface area contributed by atoms with E-state index in [0.717, 1.165) is 0 Å². The van der Waals surface area contributed by atoms with Crippen molar-refractivity contribution in [2.75, 3.05) is 14.2 Å². The summed E-state index contributed by atoms with van der Waals surface area (Å²) in [7, 11) is 2.88. The van der Waals surface area contributed by atoms with Crippen LogP contribution in [0.15, 0.2) is 12.1 Å². The fourth-order valence-corrected chi connectivity index (χ4v) is 1.34. The zero-order valence-electron chi connectivity index (χ0n) is 9.23. The molecule has 3 N–H and O–H groups in total. The fraction of sp³-hybridized carbons (Fsp3) is 0.364. The number of aromatic hydroxyl groups is 1. The van der Waals surface area contributed by atoms with Crippen molar-refractivity contribution in [3.63, 3.8) is 0 Å².